The first-order valence-corrected chi connectivity index (χ1v) is 12.9. The summed E-state index contributed by atoms with van der Waals surface area (Å²) in [4.78, 5) is 36.8. The van der Waals surface area contributed by atoms with Crippen LogP contribution >= 0.6 is 22.7 Å². The van der Waals surface area contributed by atoms with Gasteiger partial charge in [-0.25, -0.2) is 9.97 Å². The molecule has 1 N–H and O–H groups in total. The van der Waals surface area contributed by atoms with E-state index in [2.05, 4.69) is 21.4 Å². The summed E-state index contributed by atoms with van der Waals surface area (Å²) in [7, 11) is 0. The van der Waals surface area contributed by atoms with Gasteiger partial charge >= 0.3 is 0 Å². The summed E-state index contributed by atoms with van der Waals surface area (Å²) in [6, 6.07) is 6.06. The van der Waals surface area contributed by atoms with Crippen molar-refractivity contribution >= 4 is 43.9 Å². The maximum Gasteiger partial charge on any atom is 0.262 e. The van der Waals surface area contributed by atoms with Gasteiger partial charge in [0.2, 0.25) is 5.91 Å². The Bertz CT molecular complexity index is 1440. The van der Waals surface area contributed by atoms with Crippen LogP contribution in [-0.2, 0) is 30.6 Å². The van der Waals surface area contributed by atoms with E-state index in [-0.39, 0.29) is 17.9 Å². The number of thiophene rings is 1. The molecule has 0 saturated heterocycles. The van der Waals surface area contributed by atoms with Gasteiger partial charge in [-0.2, -0.15) is 0 Å². The minimum Gasteiger partial charge on any atom is -0.493 e. The molecule has 1 aliphatic heterocycles. The molecule has 0 unspecified atom stereocenters. The lowest BCUT2D eigenvalue weighted by Gasteiger charge is -2.10. The largest absolute Gasteiger partial charge is 0.493 e. The Kier molecular flexibility index (Phi) is 5.22. The molecule has 4 aromatic rings. The molecule has 33 heavy (non-hydrogen) atoms. The number of nitrogens with zero attached hydrogens (tertiary/aromatic N) is 3. The number of fused-ring (bicyclic) bond motifs is 4. The summed E-state index contributed by atoms with van der Waals surface area (Å²) in [6.07, 6.45) is 6.93. The van der Waals surface area contributed by atoms with Crippen molar-refractivity contribution in [1.82, 2.24) is 14.5 Å². The highest BCUT2D eigenvalue weighted by atomic mass is 32.1. The third kappa shape index (κ3) is 3.85. The second-order valence-corrected chi connectivity index (χ2v) is 10.3. The van der Waals surface area contributed by atoms with Crippen LogP contribution in [0.5, 0.6) is 5.75 Å². The molecule has 0 saturated carbocycles. The first-order valence-electron chi connectivity index (χ1n) is 11.2. The zero-order valence-corrected chi connectivity index (χ0v) is 19.6. The topological polar surface area (TPSA) is 86.1 Å². The number of benzene rings is 1. The van der Waals surface area contributed by atoms with Crippen LogP contribution in [-0.4, -0.2) is 27.0 Å². The van der Waals surface area contributed by atoms with Crippen LogP contribution in [0.1, 0.15) is 35.3 Å². The van der Waals surface area contributed by atoms with E-state index in [1.165, 1.54) is 33.8 Å². The lowest BCUT2D eigenvalue weighted by molar-refractivity contribution is -0.116. The fourth-order valence-corrected chi connectivity index (χ4v) is 6.51. The van der Waals surface area contributed by atoms with Gasteiger partial charge in [0, 0.05) is 35.2 Å². The molecule has 0 bridgehead atoms. The van der Waals surface area contributed by atoms with E-state index in [0.29, 0.717) is 11.7 Å². The monoisotopic (exact) mass is 478 g/mol. The maximum absolute atomic E-state index is 13.1. The number of hydrogen-bond acceptors (Lipinski definition) is 7. The second kappa shape index (κ2) is 8.39. The number of rotatable bonds is 5. The van der Waals surface area contributed by atoms with Gasteiger partial charge in [0.25, 0.3) is 5.56 Å². The normalized spacial score (nSPS) is 14.7. The summed E-state index contributed by atoms with van der Waals surface area (Å²) in [5, 5.41) is 6.11. The third-order valence-electron chi connectivity index (χ3n) is 6.26. The standard InChI is InChI=1S/C24H22N4O3S2/c29-20(27-24-26-17(12-32-24)14-5-6-18-15(11-14)8-10-31-18)7-9-28-13-25-22-21(23(28)30)16-3-1-2-4-19(16)33-22/h5-6,11-13H,1-4,7-10H2,(H,26,27,29). The average Bonchev–Trinajstić information content (AvgIpc) is 3.56. The van der Waals surface area contributed by atoms with E-state index in [4.69, 9.17) is 4.74 Å². The zero-order chi connectivity index (χ0) is 22.4. The van der Waals surface area contributed by atoms with Gasteiger partial charge < -0.3 is 10.1 Å². The molecular weight excluding hydrogens is 456 g/mol. The number of carbonyl (C=O) groups excluding carboxylic acids is 1. The average molecular weight is 479 g/mol. The number of anilines is 1. The van der Waals surface area contributed by atoms with Crippen LogP contribution < -0.4 is 15.6 Å². The van der Waals surface area contributed by atoms with Gasteiger partial charge in [0.1, 0.15) is 10.6 Å². The molecule has 0 atom stereocenters. The van der Waals surface area contributed by atoms with Crippen LogP contribution in [0.3, 0.4) is 0 Å². The Balaban J connectivity index is 1.14. The number of aryl methyl sites for hydroxylation is 3. The molecular formula is C24H22N4O3S2. The maximum atomic E-state index is 13.1. The van der Waals surface area contributed by atoms with Crippen LogP contribution in [0, 0.1) is 0 Å². The van der Waals surface area contributed by atoms with Gasteiger partial charge in [-0.3, -0.25) is 14.2 Å². The van der Waals surface area contributed by atoms with Crippen LogP contribution in [0.25, 0.3) is 21.5 Å². The van der Waals surface area contributed by atoms with Crippen LogP contribution in [0.2, 0.25) is 0 Å². The van der Waals surface area contributed by atoms with Crippen molar-refractivity contribution < 1.29 is 9.53 Å². The van der Waals surface area contributed by atoms with Crippen molar-refractivity contribution in [3.63, 3.8) is 0 Å². The van der Waals surface area contributed by atoms with E-state index >= 15 is 0 Å². The van der Waals surface area contributed by atoms with Crippen molar-refractivity contribution in [2.75, 3.05) is 11.9 Å². The predicted octanol–water partition coefficient (Wildman–Crippen LogP) is 4.42. The molecule has 2 aliphatic rings. The van der Waals surface area contributed by atoms with E-state index in [1.807, 2.05) is 17.5 Å². The first kappa shape index (κ1) is 20.6. The Labute approximate surface area is 198 Å². The molecule has 1 aromatic carbocycles. The van der Waals surface area contributed by atoms with Crippen LogP contribution in [0.15, 0.2) is 34.7 Å². The van der Waals surface area contributed by atoms with Crippen molar-refractivity contribution in [3.05, 3.63) is 56.3 Å². The van der Waals surface area contributed by atoms with Crippen molar-refractivity contribution in [3.8, 4) is 17.0 Å². The Morgan fingerprint density at radius 3 is 3.06 bits per heavy atom. The van der Waals surface area contributed by atoms with E-state index in [1.54, 1.807) is 22.2 Å². The van der Waals surface area contributed by atoms with E-state index in [0.717, 1.165) is 59.5 Å². The number of hydrogen-bond donors (Lipinski definition) is 1. The number of nitrogens with one attached hydrogen (secondary N) is 1. The highest BCUT2D eigenvalue weighted by molar-refractivity contribution is 7.18. The van der Waals surface area contributed by atoms with Crippen molar-refractivity contribution in [1.29, 1.82) is 0 Å². The quantitative estimate of drug-likeness (QED) is 0.459. The molecule has 0 spiro atoms. The van der Waals surface area contributed by atoms with Gasteiger partial charge in [-0.05, 0) is 55.0 Å². The summed E-state index contributed by atoms with van der Waals surface area (Å²) < 4.78 is 7.12. The summed E-state index contributed by atoms with van der Waals surface area (Å²) in [5.74, 6) is 0.769. The van der Waals surface area contributed by atoms with Crippen molar-refractivity contribution in [2.45, 2.75) is 45.1 Å². The minimum atomic E-state index is -0.169. The van der Waals surface area contributed by atoms with Gasteiger partial charge in [0.05, 0.1) is 24.0 Å². The van der Waals surface area contributed by atoms with Gasteiger partial charge in [0.15, 0.2) is 5.13 Å². The second-order valence-electron chi connectivity index (χ2n) is 8.39. The van der Waals surface area contributed by atoms with Gasteiger partial charge in [-0.1, -0.05) is 0 Å². The summed E-state index contributed by atoms with van der Waals surface area (Å²) in [5.41, 5.74) is 4.17. The highest BCUT2D eigenvalue weighted by Gasteiger charge is 2.20. The molecule has 1 amide bonds. The number of aromatic nitrogens is 3. The Hall–Kier alpha value is -3.04. The molecule has 1 aliphatic carbocycles. The number of carbonyl (C=O) groups is 1. The smallest absolute Gasteiger partial charge is 0.262 e. The van der Waals surface area contributed by atoms with Crippen LogP contribution in [0.4, 0.5) is 5.13 Å². The zero-order valence-electron chi connectivity index (χ0n) is 17.9. The van der Waals surface area contributed by atoms with E-state index < -0.39 is 0 Å². The lowest BCUT2D eigenvalue weighted by atomic mass is 9.97. The Morgan fingerprint density at radius 2 is 2.12 bits per heavy atom. The molecule has 9 heteroatoms. The Morgan fingerprint density at radius 1 is 1.21 bits per heavy atom. The molecule has 7 nitrogen and oxygen atoms in total. The van der Waals surface area contributed by atoms with Crippen molar-refractivity contribution in [2.24, 2.45) is 0 Å². The van der Waals surface area contributed by atoms with Gasteiger partial charge in [-0.15, -0.1) is 22.7 Å². The summed E-state index contributed by atoms with van der Waals surface area (Å²) >= 11 is 3.03. The van der Waals surface area contributed by atoms with E-state index in [9.17, 15) is 9.59 Å². The molecule has 4 heterocycles. The first-order chi connectivity index (χ1) is 16.2. The number of thiazole rings is 1. The minimum absolute atomic E-state index is 0.0377. The third-order valence-corrected chi connectivity index (χ3v) is 8.21. The fraction of sp³-hybridized carbons (Fsp3) is 0.333. The number of ether oxygens (including phenoxy) is 1. The number of amides is 1. The predicted molar refractivity (Wildman–Crippen MR) is 131 cm³/mol. The molecule has 3 aromatic heterocycles. The molecule has 6 rings (SSSR count). The SMILES string of the molecule is O=C(CCn1cnc2sc3c(c2c1=O)CCCC3)Nc1nc(-c2ccc3c(c2)CCO3)cs1. The summed E-state index contributed by atoms with van der Waals surface area (Å²) in [6.45, 7) is 1.01. The fourth-order valence-electron chi connectivity index (χ4n) is 4.55. The molecule has 168 valence electrons. The molecule has 0 fully saturated rings. The lowest BCUT2D eigenvalue weighted by Crippen LogP contribution is -2.24. The highest BCUT2D eigenvalue weighted by Crippen LogP contribution is 2.34. The molecule has 0 radical (unpaired) electrons.